The van der Waals surface area contributed by atoms with Crippen molar-refractivity contribution in [2.24, 2.45) is 0 Å². The second-order valence-electron chi connectivity index (χ2n) is 4.71. The Labute approximate surface area is 134 Å². The van der Waals surface area contributed by atoms with Crippen LogP contribution < -0.4 is 9.47 Å². The molecule has 5 nitrogen and oxygen atoms in total. The number of aromatic nitrogens is 1. The van der Waals surface area contributed by atoms with Gasteiger partial charge in [0, 0.05) is 24.8 Å². The Bertz CT molecular complexity index is 676. The van der Waals surface area contributed by atoms with Gasteiger partial charge in [0.05, 0.1) is 14.2 Å². The minimum atomic E-state index is -0.197. The fourth-order valence-corrected chi connectivity index (χ4v) is 2.20. The Morgan fingerprint density at radius 2 is 1.91 bits per heavy atom. The number of amides is 1. The second kappa shape index (κ2) is 7.13. The SMILES string of the molecule is COc1ccc(CN(C)C(=O)c2cc(Cl)ccn2)cc1OC. The predicted octanol–water partition coefficient (Wildman–Crippen LogP) is 3.02. The number of rotatable bonds is 5. The van der Waals surface area contributed by atoms with E-state index in [0.717, 1.165) is 5.56 Å². The van der Waals surface area contributed by atoms with Crippen LogP contribution in [0.5, 0.6) is 11.5 Å². The third kappa shape index (κ3) is 3.68. The van der Waals surface area contributed by atoms with Crippen LogP contribution in [-0.4, -0.2) is 37.1 Å². The van der Waals surface area contributed by atoms with E-state index in [1.54, 1.807) is 38.3 Å². The van der Waals surface area contributed by atoms with Crippen LogP contribution in [0.3, 0.4) is 0 Å². The number of nitrogens with zero attached hydrogens (tertiary/aromatic N) is 2. The first-order valence-electron chi connectivity index (χ1n) is 6.63. The van der Waals surface area contributed by atoms with E-state index in [9.17, 15) is 4.79 Å². The summed E-state index contributed by atoms with van der Waals surface area (Å²) in [5.74, 6) is 1.08. The summed E-state index contributed by atoms with van der Waals surface area (Å²) in [6.45, 7) is 0.424. The fraction of sp³-hybridized carbons (Fsp3) is 0.250. The van der Waals surface area contributed by atoms with Crippen molar-refractivity contribution in [3.63, 3.8) is 0 Å². The van der Waals surface area contributed by atoms with Crippen molar-refractivity contribution < 1.29 is 14.3 Å². The molecule has 0 atom stereocenters. The molecule has 2 rings (SSSR count). The van der Waals surface area contributed by atoms with Gasteiger partial charge in [-0.1, -0.05) is 17.7 Å². The molecule has 0 aliphatic carbocycles. The minimum Gasteiger partial charge on any atom is -0.493 e. The molecule has 0 radical (unpaired) electrons. The van der Waals surface area contributed by atoms with Crippen LogP contribution in [-0.2, 0) is 6.54 Å². The van der Waals surface area contributed by atoms with E-state index in [1.807, 2.05) is 18.2 Å². The second-order valence-corrected chi connectivity index (χ2v) is 5.15. The first-order valence-corrected chi connectivity index (χ1v) is 7.01. The Morgan fingerprint density at radius 3 is 2.55 bits per heavy atom. The summed E-state index contributed by atoms with van der Waals surface area (Å²) in [6.07, 6.45) is 1.51. The molecule has 0 aliphatic heterocycles. The molecule has 0 saturated carbocycles. The highest BCUT2D eigenvalue weighted by Crippen LogP contribution is 2.28. The van der Waals surface area contributed by atoms with Gasteiger partial charge in [-0.15, -0.1) is 0 Å². The van der Waals surface area contributed by atoms with Gasteiger partial charge in [-0.05, 0) is 29.8 Å². The number of methoxy groups -OCH3 is 2. The number of pyridine rings is 1. The van der Waals surface area contributed by atoms with E-state index >= 15 is 0 Å². The van der Waals surface area contributed by atoms with Gasteiger partial charge in [-0.2, -0.15) is 0 Å². The summed E-state index contributed by atoms with van der Waals surface area (Å²) in [6, 6.07) is 8.72. The quantitative estimate of drug-likeness (QED) is 0.849. The number of carbonyl (C=O) groups excluding carboxylic acids is 1. The minimum absolute atomic E-state index is 0.197. The van der Waals surface area contributed by atoms with Gasteiger partial charge < -0.3 is 14.4 Å². The summed E-state index contributed by atoms with van der Waals surface area (Å²) in [5.41, 5.74) is 1.24. The highest BCUT2D eigenvalue weighted by molar-refractivity contribution is 6.30. The van der Waals surface area contributed by atoms with Gasteiger partial charge in [0.2, 0.25) is 0 Å². The average Bonchev–Trinajstić information content (AvgIpc) is 2.53. The molecule has 116 valence electrons. The number of hydrogen-bond donors (Lipinski definition) is 0. The third-order valence-electron chi connectivity index (χ3n) is 3.16. The van der Waals surface area contributed by atoms with Crippen molar-refractivity contribution in [3.8, 4) is 11.5 Å². The van der Waals surface area contributed by atoms with E-state index in [1.165, 1.54) is 6.20 Å². The zero-order chi connectivity index (χ0) is 16.1. The lowest BCUT2D eigenvalue weighted by Gasteiger charge is -2.18. The molecule has 1 aromatic heterocycles. The molecule has 1 amide bonds. The zero-order valence-electron chi connectivity index (χ0n) is 12.7. The topological polar surface area (TPSA) is 51.7 Å². The normalized spacial score (nSPS) is 10.2. The van der Waals surface area contributed by atoms with Gasteiger partial charge in [0.1, 0.15) is 5.69 Å². The van der Waals surface area contributed by atoms with Crippen LogP contribution in [0, 0.1) is 0 Å². The fourth-order valence-electron chi connectivity index (χ4n) is 2.04. The molecule has 22 heavy (non-hydrogen) atoms. The standard InChI is InChI=1S/C16H17ClN2O3/c1-19(16(20)13-9-12(17)6-7-18-13)10-11-4-5-14(21-2)15(8-11)22-3/h4-9H,10H2,1-3H3. The molecule has 0 bridgehead atoms. The van der Waals surface area contributed by atoms with Gasteiger partial charge in [0.15, 0.2) is 11.5 Å². The van der Waals surface area contributed by atoms with E-state index in [-0.39, 0.29) is 5.91 Å². The van der Waals surface area contributed by atoms with Crippen LogP contribution in [0.2, 0.25) is 5.02 Å². The number of benzene rings is 1. The van der Waals surface area contributed by atoms with E-state index in [4.69, 9.17) is 21.1 Å². The maximum absolute atomic E-state index is 12.3. The van der Waals surface area contributed by atoms with Crippen molar-refractivity contribution in [3.05, 3.63) is 52.8 Å². The van der Waals surface area contributed by atoms with Gasteiger partial charge in [-0.3, -0.25) is 9.78 Å². The molecule has 0 spiro atoms. The number of ether oxygens (including phenoxy) is 2. The van der Waals surface area contributed by atoms with Gasteiger partial charge >= 0.3 is 0 Å². The summed E-state index contributed by atoms with van der Waals surface area (Å²) in [5, 5.41) is 0.484. The van der Waals surface area contributed by atoms with E-state index < -0.39 is 0 Å². The Balaban J connectivity index is 2.14. The molecular formula is C16H17ClN2O3. The molecule has 0 N–H and O–H groups in total. The Kier molecular flexibility index (Phi) is 5.22. The van der Waals surface area contributed by atoms with Crippen molar-refractivity contribution in [2.45, 2.75) is 6.54 Å². The molecule has 0 fully saturated rings. The molecule has 1 heterocycles. The van der Waals surface area contributed by atoms with Gasteiger partial charge in [-0.25, -0.2) is 0 Å². The summed E-state index contributed by atoms with van der Waals surface area (Å²) in [4.78, 5) is 17.9. The molecule has 6 heteroatoms. The highest BCUT2D eigenvalue weighted by atomic mass is 35.5. The lowest BCUT2D eigenvalue weighted by Crippen LogP contribution is -2.27. The van der Waals surface area contributed by atoms with Crippen LogP contribution in [0.1, 0.15) is 16.1 Å². The van der Waals surface area contributed by atoms with Crippen LogP contribution in [0.4, 0.5) is 0 Å². The highest BCUT2D eigenvalue weighted by Gasteiger charge is 2.15. The van der Waals surface area contributed by atoms with E-state index in [0.29, 0.717) is 28.8 Å². The maximum Gasteiger partial charge on any atom is 0.272 e. The van der Waals surface area contributed by atoms with Crippen molar-refractivity contribution in [1.29, 1.82) is 0 Å². The van der Waals surface area contributed by atoms with Crippen LogP contribution in [0.15, 0.2) is 36.5 Å². The molecule has 1 aromatic carbocycles. The molecule has 2 aromatic rings. The molecule has 0 saturated heterocycles. The number of halogens is 1. The van der Waals surface area contributed by atoms with Crippen LogP contribution in [0.25, 0.3) is 0 Å². The summed E-state index contributed by atoms with van der Waals surface area (Å²) >= 11 is 5.89. The summed E-state index contributed by atoms with van der Waals surface area (Å²) < 4.78 is 10.5. The Morgan fingerprint density at radius 1 is 1.18 bits per heavy atom. The van der Waals surface area contributed by atoms with Crippen molar-refractivity contribution in [2.75, 3.05) is 21.3 Å². The smallest absolute Gasteiger partial charge is 0.272 e. The molecule has 0 aliphatic rings. The first-order chi connectivity index (χ1) is 10.5. The zero-order valence-corrected chi connectivity index (χ0v) is 13.4. The largest absolute Gasteiger partial charge is 0.493 e. The maximum atomic E-state index is 12.3. The average molecular weight is 321 g/mol. The van der Waals surface area contributed by atoms with E-state index in [2.05, 4.69) is 4.98 Å². The van der Waals surface area contributed by atoms with Gasteiger partial charge in [0.25, 0.3) is 5.91 Å². The van der Waals surface area contributed by atoms with Crippen molar-refractivity contribution in [1.82, 2.24) is 9.88 Å². The Hall–Kier alpha value is -2.27. The lowest BCUT2D eigenvalue weighted by atomic mass is 10.2. The van der Waals surface area contributed by atoms with Crippen molar-refractivity contribution >= 4 is 17.5 Å². The first kappa shape index (κ1) is 16.1. The molecular weight excluding hydrogens is 304 g/mol. The summed E-state index contributed by atoms with van der Waals surface area (Å²) in [7, 11) is 4.87. The number of carbonyl (C=O) groups is 1. The monoisotopic (exact) mass is 320 g/mol. The molecule has 0 unspecified atom stereocenters. The lowest BCUT2D eigenvalue weighted by molar-refractivity contribution is 0.0779. The predicted molar refractivity (Wildman–Crippen MR) is 84.6 cm³/mol. The third-order valence-corrected chi connectivity index (χ3v) is 3.39. The number of hydrogen-bond acceptors (Lipinski definition) is 4. The van der Waals surface area contributed by atoms with Crippen LogP contribution >= 0.6 is 11.6 Å².